The van der Waals surface area contributed by atoms with E-state index in [1.165, 1.54) is 57.2 Å². The number of thiophene rings is 1. The molecule has 1 aromatic heterocycles. The molecule has 1 aliphatic rings. The van der Waals surface area contributed by atoms with Gasteiger partial charge in [0.05, 0.1) is 22.1 Å². The maximum Gasteiger partial charge on any atom is 0.0887 e. The van der Waals surface area contributed by atoms with Gasteiger partial charge in [0, 0.05) is 32.5 Å². The molecule has 0 fully saturated rings. The third-order valence-electron chi connectivity index (χ3n) is 11.0. The van der Waals surface area contributed by atoms with Crippen molar-refractivity contribution in [2.75, 3.05) is 9.80 Å². The van der Waals surface area contributed by atoms with E-state index in [0.29, 0.717) is 0 Å². The minimum atomic E-state index is 0.0768. The molecule has 0 unspecified atom stereocenters. The molecule has 0 saturated heterocycles. The zero-order valence-corrected chi connectivity index (χ0v) is 33.1. The Labute approximate surface area is 314 Å². The minimum Gasteiger partial charge on any atom is -0.309 e. The number of benzene rings is 5. The first-order valence-electron chi connectivity index (χ1n) is 18.6. The van der Waals surface area contributed by atoms with Gasteiger partial charge in [-0.1, -0.05) is 101 Å². The number of fused-ring (bicyclic) bond motifs is 2. The quantitative estimate of drug-likeness (QED) is 0.147. The van der Waals surface area contributed by atoms with Gasteiger partial charge in [-0.05, 0) is 140 Å². The lowest BCUT2D eigenvalue weighted by molar-refractivity contribution is 0.332. The van der Waals surface area contributed by atoms with Crippen LogP contribution in [0.15, 0.2) is 102 Å². The summed E-state index contributed by atoms with van der Waals surface area (Å²) in [7, 11) is 0. The fraction of sp³-hybridized carbons (Fsp3) is 0.319. The van der Waals surface area contributed by atoms with Crippen molar-refractivity contribution in [2.24, 2.45) is 0 Å². The van der Waals surface area contributed by atoms with Crippen LogP contribution in [0.2, 0.25) is 5.02 Å². The number of anilines is 6. The number of halogens is 1. The van der Waals surface area contributed by atoms with Crippen LogP contribution in [0.1, 0.15) is 93.7 Å². The molecule has 0 atom stereocenters. The van der Waals surface area contributed by atoms with Crippen LogP contribution in [-0.2, 0) is 17.3 Å². The summed E-state index contributed by atoms with van der Waals surface area (Å²) >= 11 is 9.61. The highest BCUT2D eigenvalue weighted by atomic mass is 35.5. The Hall–Kier alpha value is -4.05. The number of hydrogen-bond donors (Lipinski definition) is 0. The van der Waals surface area contributed by atoms with E-state index in [0.717, 1.165) is 57.6 Å². The van der Waals surface area contributed by atoms with Gasteiger partial charge in [0.15, 0.2) is 0 Å². The lowest BCUT2D eigenvalue weighted by atomic mass is 9.63. The summed E-state index contributed by atoms with van der Waals surface area (Å²) in [6.07, 6.45) is 5.82. The SMILES string of the molecule is CCCCc1ccc(N(c2ccc(C)cc2)c2cc(C)cc(N(c3ccc4c(c3)C(C)(C)CCC4(C)C)c3csc4cc(C)ccc34)c2Cl)cc1. The number of aryl methyl sites for hydroxylation is 4. The second-order valence-corrected chi connectivity index (χ2v) is 17.3. The monoisotopic (exact) mass is 710 g/mol. The van der Waals surface area contributed by atoms with Crippen LogP contribution in [0, 0.1) is 20.8 Å². The van der Waals surface area contributed by atoms with Crippen molar-refractivity contribution in [1.82, 2.24) is 0 Å². The third kappa shape index (κ3) is 6.84. The summed E-state index contributed by atoms with van der Waals surface area (Å²) < 4.78 is 1.28. The van der Waals surface area contributed by atoms with Crippen LogP contribution >= 0.6 is 22.9 Å². The molecule has 5 aromatic carbocycles. The van der Waals surface area contributed by atoms with E-state index in [9.17, 15) is 0 Å². The van der Waals surface area contributed by atoms with Gasteiger partial charge in [0.2, 0.25) is 0 Å². The number of unbranched alkanes of at least 4 members (excludes halogenated alkanes) is 1. The lowest BCUT2D eigenvalue weighted by Crippen LogP contribution is -2.34. The molecule has 6 aromatic rings. The molecular weight excluding hydrogens is 660 g/mol. The first kappa shape index (κ1) is 35.4. The summed E-state index contributed by atoms with van der Waals surface area (Å²) in [4.78, 5) is 4.75. The van der Waals surface area contributed by atoms with Gasteiger partial charge < -0.3 is 9.80 Å². The van der Waals surface area contributed by atoms with Crippen LogP contribution in [-0.4, -0.2) is 0 Å². The van der Waals surface area contributed by atoms with E-state index in [1.54, 1.807) is 11.3 Å². The molecule has 0 N–H and O–H groups in total. The summed E-state index contributed by atoms with van der Waals surface area (Å²) in [5.41, 5.74) is 14.5. The van der Waals surface area contributed by atoms with Gasteiger partial charge in [-0.15, -0.1) is 11.3 Å². The first-order chi connectivity index (χ1) is 24.4. The van der Waals surface area contributed by atoms with Gasteiger partial charge in [-0.3, -0.25) is 0 Å². The van der Waals surface area contributed by atoms with Gasteiger partial charge in [-0.25, -0.2) is 0 Å². The molecule has 1 heterocycles. The Balaban J connectivity index is 1.46. The normalized spacial score (nSPS) is 14.8. The van der Waals surface area contributed by atoms with Crippen LogP contribution in [0.4, 0.5) is 34.1 Å². The summed E-state index contributed by atoms with van der Waals surface area (Å²) in [6, 6.07) is 36.3. The fourth-order valence-electron chi connectivity index (χ4n) is 7.79. The molecule has 0 amide bonds. The summed E-state index contributed by atoms with van der Waals surface area (Å²) in [5, 5.41) is 4.27. The first-order valence-corrected chi connectivity index (χ1v) is 19.8. The molecule has 1 aliphatic carbocycles. The molecule has 4 heteroatoms. The minimum absolute atomic E-state index is 0.0768. The molecule has 0 saturated carbocycles. The zero-order valence-electron chi connectivity index (χ0n) is 31.5. The van der Waals surface area contributed by atoms with Crippen LogP contribution in [0.3, 0.4) is 0 Å². The highest BCUT2D eigenvalue weighted by Gasteiger charge is 2.38. The number of nitrogens with zero attached hydrogens (tertiary/aromatic N) is 2. The molecule has 7 rings (SSSR count). The predicted octanol–water partition coefficient (Wildman–Crippen LogP) is 15.1. The number of rotatable bonds is 9. The second-order valence-electron chi connectivity index (χ2n) is 16.0. The topological polar surface area (TPSA) is 6.48 Å². The Kier molecular flexibility index (Phi) is 9.58. The van der Waals surface area contributed by atoms with E-state index in [-0.39, 0.29) is 10.8 Å². The van der Waals surface area contributed by atoms with Crippen LogP contribution < -0.4 is 9.80 Å². The van der Waals surface area contributed by atoms with Crippen LogP contribution in [0.5, 0.6) is 0 Å². The molecule has 0 bridgehead atoms. The smallest absolute Gasteiger partial charge is 0.0887 e. The van der Waals surface area contributed by atoms with Gasteiger partial charge in [0.25, 0.3) is 0 Å². The highest BCUT2D eigenvalue weighted by Crippen LogP contribution is 2.52. The van der Waals surface area contributed by atoms with Crippen molar-refractivity contribution in [1.29, 1.82) is 0 Å². The maximum atomic E-state index is 7.81. The molecule has 262 valence electrons. The van der Waals surface area contributed by atoms with Crippen molar-refractivity contribution >= 4 is 67.1 Å². The van der Waals surface area contributed by atoms with Crippen LogP contribution in [0.25, 0.3) is 10.1 Å². The van der Waals surface area contributed by atoms with Crippen molar-refractivity contribution in [3.63, 3.8) is 0 Å². The van der Waals surface area contributed by atoms with Gasteiger partial charge in [0.1, 0.15) is 0 Å². The molecule has 0 radical (unpaired) electrons. The zero-order chi connectivity index (χ0) is 36.1. The van der Waals surface area contributed by atoms with Crippen molar-refractivity contribution < 1.29 is 0 Å². The average molecular weight is 711 g/mol. The van der Waals surface area contributed by atoms with Crippen molar-refractivity contribution in [3.8, 4) is 0 Å². The van der Waals surface area contributed by atoms with E-state index < -0.39 is 0 Å². The maximum absolute atomic E-state index is 7.81. The largest absolute Gasteiger partial charge is 0.309 e. The fourth-order valence-corrected chi connectivity index (χ4v) is 9.09. The Morgan fingerprint density at radius 3 is 1.86 bits per heavy atom. The van der Waals surface area contributed by atoms with Crippen molar-refractivity contribution in [2.45, 2.75) is 98.3 Å². The molecule has 2 nitrogen and oxygen atoms in total. The van der Waals surface area contributed by atoms with Gasteiger partial charge in [-0.2, -0.15) is 0 Å². The van der Waals surface area contributed by atoms with E-state index in [4.69, 9.17) is 11.6 Å². The Morgan fingerprint density at radius 1 is 0.608 bits per heavy atom. The Bertz CT molecular complexity index is 2190. The van der Waals surface area contributed by atoms with E-state index in [1.807, 2.05) is 0 Å². The molecule has 51 heavy (non-hydrogen) atoms. The van der Waals surface area contributed by atoms with E-state index in [2.05, 4.69) is 168 Å². The highest BCUT2D eigenvalue weighted by molar-refractivity contribution is 7.17. The third-order valence-corrected chi connectivity index (χ3v) is 12.3. The molecule has 0 spiro atoms. The van der Waals surface area contributed by atoms with Gasteiger partial charge >= 0.3 is 0 Å². The van der Waals surface area contributed by atoms with E-state index >= 15 is 0 Å². The predicted molar refractivity (Wildman–Crippen MR) is 224 cm³/mol. The second kappa shape index (κ2) is 13.8. The number of hydrogen-bond acceptors (Lipinski definition) is 3. The van der Waals surface area contributed by atoms with Crippen molar-refractivity contribution in [3.05, 3.63) is 141 Å². The average Bonchev–Trinajstić information content (AvgIpc) is 3.51. The summed E-state index contributed by atoms with van der Waals surface area (Å²) in [6.45, 7) is 18.4. The standard InChI is InChI=1S/C47H51ClN2S/c1-9-10-11-34-15-19-36(20-16-34)49(35-17-12-31(2)13-18-35)41-26-33(4)27-42(45(41)48)50(43-30-51-44-28-32(3)14-22-38(43)44)37-21-23-39-40(29-37)47(7,8)25-24-46(39,5)6/h12-23,26-30H,9-11,24-25H2,1-8H3. The Morgan fingerprint density at radius 2 is 1.20 bits per heavy atom. The summed E-state index contributed by atoms with van der Waals surface area (Å²) in [5.74, 6) is 0. The lowest BCUT2D eigenvalue weighted by Gasteiger charge is -2.42. The molecular formula is C47H51ClN2S. The molecule has 0 aliphatic heterocycles.